The van der Waals surface area contributed by atoms with E-state index >= 15 is 0 Å². The molecule has 22 heavy (non-hydrogen) atoms. The first-order chi connectivity index (χ1) is 10.8. The first-order valence-electron chi connectivity index (χ1n) is 7.69. The minimum atomic E-state index is 0.736. The van der Waals surface area contributed by atoms with Crippen LogP contribution in [-0.2, 0) is 19.4 Å². The maximum Gasteiger partial charge on any atom is 0.138 e. The third-order valence-corrected chi connectivity index (χ3v) is 5.47. The van der Waals surface area contributed by atoms with Crippen LogP contribution >= 0.6 is 11.3 Å². The van der Waals surface area contributed by atoms with Crippen molar-refractivity contribution >= 4 is 27.4 Å². The van der Waals surface area contributed by atoms with Gasteiger partial charge in [0.1, 0.15) is 17.0 Å². The Morgan fingerprint density at radius 3 is 3.18 bits per heavy atom. The van der Waals surface area contributed by atoms with E-state index in [2.05, 4.69) is 33.3 Å². The molecule has 0 bridgehead atoms. The molecule has 1 N–H and O–H groups in total. The van der Waals surface area contributed by atoms with Gasteiger partial charge in [-0.15, -0.1) is 11.3 Å². The fourth-order valence-electron chi connectivity index (χ4n) is 3.10. The highest BCUT2D eigenvalue weighted by molar-refractivity contribution is 7.19. The zero-order valence-corrected chi connectivity index (χ0v) is 13.4. The van der Waals surface area contributed by atoms with Crippen LogP contribution in [0.2, 0.25) is 0 Å². The highest BCUT2D eigenvalue weighted by atomic mass is 32.1. The minimum absolute atomic E-state index is 0.736. The van der Waals surface area contributed by atoms with Gasteiger partial charge >= 0.3 is 0 Å². The van der Waals surface area contributed by atoms with Crippen molar-refractivity contribution in [1.82, 2.24) is 15.0 Å². The number of nitrogens with one attached hydrogen (secondary N) is 1. The Hall–Kier alpha value is -2.01. The van der Waals surface area contributed by atoms with E-state index in [4.69, 9.17) is 0 Å². The summed E-state index contributed by atoms with van der Waals surface area (Å²) in [6.45, 7) is 3.07. The highest BCUT2D eigenvalue weighted by Gasteiger charge is 2.23. The molecule has 3 aromatic heterocycles. The summed E-state index contributed by atoms with van der Waals surface area (Å²) in [5.41, 5.74) is 2.62. The molecule has 4 rings (SSSR count). The fraction of sp³-hybridized carbons (Fsp3) is 0.353. The van der Waals surface area contributed by atoms with Crippen molar-refractivity contribution < 1.29 is 0 Å². The maximum absolute atomic E-state index is 4.49. The van der Waals surface area contributed by atoms with Crippen molar-refractivity contribution in [2.75, 3.05) is 5.32 Å². The van der Waals surface area contributed by atoms with E-state index < -0.39 is 0 Å². The van der Waals surface area contributed by atoms with Crippen LogP contribution in [0.3, 0.4) is 0 Å². The summed E-state index contributed by atoms with van der Waals surface area (Å²) in [6.07, 6.45) is 8.95. The first kappa shape index (κ1) is 13.6. The normalized spacial score (nSPS) is 17.4. The standard InChI is InChI=1S/C17H18N4S/c1-11-4-5-14-13(7-11)15-16(20-10-21-17(15)22-14)19-9-12-3-2-6-18-8-12/h2-3,6,8,10-11H,4-5,7,9H2,1H3,(H,19,20,21). The monoisotopic (exact) mass is 310 g/mol. The lowest BCUT2D eigenvalue weighted by atomic mass is 9.88. The van der Waals surface area contributed by atoms with Crippen LogP contribution in [0.4, 0.5) is 5.82 Å². The van der Waals surface area contributed by atoms with Gasteiger partial charge in [0.25, 0.3) is 0 Å². The first-order valence-corrected chi connectivity index (χ1v) is 8.51. The van der Waals surface area contributed by atoms with Gasteiger partial charge in [-0.3, -0.25) is 4.98 Å². The smallest absolute Gasteiger partial charge is 0.138 e. The predicted molar refractivity (Wildman–Crippen MR) is 90.2 cm³/mol. The Morgan fingerprint density at radius 2 is 2.32 bits per heavy atom. The molecular formula is C17H18N4S. The largest absolute Gasteiger partial charge is 0.365 e. The third-order valence-electron chi connectivity index (χ3n) is 4.27. The van der Waals surface area contributed by atoms with Gasteiger partial charge in [-0.1, -0.05) is 13.0 Å². The number of pyridine rings is 1. The van der Waals surface area contributed by atoms with E-state index in [1.165, 1.54) is 28.7 Å². The van der Waals surface area contributed by atoms with Crippen LogP contribution in [-0.4, -0.2) is 15.0 Å². The van der Waals surface area contributed by atoms with E-state index in [0.29, 0.717) is 0 Å². The van der Waals surface area contributed by atoms with Crippen molar-refractivity contribution in [2.24, 2.45) is 5.92 Å². The lowest BCUT2D eigenvalue weighted by Crippen LogP contribution is -2.10. The Labute approximate surface area is 133 Å². The molecular weight excluding hydrogens is 292 g/mol. The number of nitrogens with zero attached hydrogens (tertiary/aromatic N) is 3. The Kier molecular flexibility index (Phi) is 3.50. The van der Waals surface area contributed by atoms with Crippen molar-refractivity contribution in [2.45, 2.75) is 32.7 Å². The SMILES string of the molecule is CC1CCc2sc3ncnc(NCc4cccnc4)c3c2C1. The molecule has 0 saturated heterocycles. The summed E-state index contributed by atoms with van der Waals surface area (Å²) in [6, 6.07) is 4.03. The topological polar surface area (TPSA) is 50.7 Å². The van der Waals surface area contributed by atoms with Crippen LogP contribution < -0.4 is 5.32 Å². The van der Waals surface area contributed by atoms with Crippen molar-refractivity contribution in [3.05, 3.63) is 46.9 Å². The lowest BCUT2D eigenvalue weighted by Gasteiger charge is -2.18. The molecule has 5 heteroatoms. The third kappa shape index (κ3) is 2.46. The van der Waals surface area contributed by atoms with Crippen molar-refractivity contribution in [1.29, 1.82) is 0 Å². The fourth-order valence-corrected chi connectivity index (χ4v) is 4.29. The summed E-state index contributed by atoms with van der Waals surface area (Å²) in [5.74, 6) is 1.71. The van der Waals surface area contributed by atoms with E-state index in [1.807, 2.05) is 23.6 Å². The van der Waals surface area contributed by atoms with Gasteiger partial charge in [0.15, 0.2) is 0 Å². The van der Waals surface area contributed by atoms with Crippen LogP contribution in [0.15, 0.2) is 30.9 Å². The van der Waals surface area contributed by atoms with Gasteiger partial charge < -0.3 is 5.32 Å². The second-order valence-corrected chi connectivity index (χ2v) is 7.05. The molecule has 0 radical (unpaired) electrons. The Morgan fingerprint density at radius 1 is 1.36 bits per heavy atom. The number of rotatable bonds is 3. The van der Waals surface area contributed by atoms with Crippen LogP contribution in [0.1, 0.15) is 29.3 Å². The number of hydrogen-bond donors (Lipinski definition) is 1. The van der Waals surface area contributed by atoms with Gasteiger partial charge in [-0.05, 0) is 42.4 Å². The lowest BCUT2D eigenvalue weighted by molar-refractivity contribution is 0.508. The Balaban J connectivity index is 1.70. The second-order valence-electron chi connectivity index (χ2n) is 5.97. The van der Waals surface area contributed by atoms with Gasteiger partial charge in [0, 0.05) is 23.8 Å². The molecule has 3 heterocycles. The molecule has 112 valence electrons. The molecule has 1 atom stereocenters. The number of thiophene rings is 1. The van der Waals surface area contributed by atoms with Gasteiger partial charge in [0.05, 0.1) is 5.39 Å². The average Bonchev–Trinajstić information content (AvgIpc) is 2.92. The Bertz CT molecular complexity index is 797. The number of hydrogen-bond acceptors (Lipinski definition) is 5. The summed E-state index contributed by atoms with van der Waals surface area (Å²) < 4.78 is 0. The zero-order valence-electron chi connectivity index (χ0n) is 12.5. The number of fused-ring (bicyclic) bond motifs is 3. The van der Waals surface area contributed by atoms with Crippen LogP contribution in [0.5, 0.6) is 0 Å². The zero-order chi connectivity index (χ0) is 14.9. The maximum atomic E-state index is 4.49. The van der Waals surface area contributed by atoms with Crippen molar-refractivity contribution in [3.63, 3.8) is 0 Å². The molecule has 4 nitrogen and oxygen atoms in total. The number of anilines is 1. The second kappa shape index (κ2) is 5.65. The van der Waals surface area contributed by atoms with E-state index in [1.54, 1.807) is 12.5 Å². The molecule has 1 aliphatic rings. The molecule has 0 fully saturated rings. The molecule has 0 aliphatic heterocycles. The number of aryl methyl sites for hydroxylation is 1. The van der Waals surface area contributed by atoms with E-state index in [-0.39, 0.29) is 0 Å². The van der Waals surface area contributed by atoms with E-state index in [0.717, 1.165) is 35.1 Å². The average molecular weight is 310 g/mol. The summed E-state index contributed by atoms with van der Waals surface area (Å²) in [7, 11) is 0. The van der Waals surface area contributed by atoms with Gasteiger partial charge in [0.2, 0.25) is 0 Å². The van der Waals surface area contributed by atoms with Crippen molar-refractivity contribution in [3.8, 4) is 0 Å². The van der Waals surface area contributed by atoms with Gasteiger partial charge in [-0.2, -0.15) is 0 Å². The van der Waals surface area contributed by atoms with Gasteiger partial charge in [-0.25, -0.2) is 9.97 Å². The van der Waals surface area contributed by atoms with E-state index in [9.17, 15) is 0 Å². The summed E-state index contributed by atoms with van der Waals surface area (Å²) in [4.78, 5) is 15.7. The summed E-state index contributed by atoms with van der Waals surface area (Å²) >= 11 is 1.83. The molecule has 0 amide bonds. The molecule has 1 aliphatic carbocycles. The quantitative estimate of drug-likeness (QED) is 0.799. The van der Waals surface area contributed by atoms with Crippen LogP contribution in [0, 0.1) is 5.92 Å². The molecule has 3 aromatic rings. The number of aromatic nitrogens is 3. The molecule has 0 aromatic carbocycles. The predicted octanol–water partition coefficient (Wildman–Crippen LogP) is 3.82. The minimum Gasteiger partial charge on any atom is -0.365 e. The molecule has 0 spiro atoms. The molecule has 0 saturated carbocycles. The van der Waals surface area contributed by atoms with Crippen LogP contribution in [0.25, 0.3) is 10.2 Å². The molecule has 1 unspecified atom stereocenters. The highest BCUT2D eigenvalue weighted by Crippen LogP contribution is 2.39. The summed E-state index contributed by atoms with van der Waals surface area (Å²) in [5, 5.41) is 4.70.